The van der Waals surface area contributed by atoms with Crippen LogP contribution in [-0.4, -0.2) is 24.5 Å². The average Bonchev–Trinajstić information content (AvgIpc) is 3.23. The Hall–Kier alpha value is -3.31. The zero-order valence-corrected chi connectivity index (χ0v) is 20.0. The number of hydrogen-bond acceptors (Lipinski definition) is 3. The lowest BCUT2D eigenvalue weighted by Gasteiger charge is -2.30. The first kappa shape index (κ1) is 23.8. The van der Waals surface area contributed by atoms with Crippen molar-refractivity contribution in [3.63, 3.8) is 0 Å². The Morgan fingerprint density at radius 3 is 2.47 bits per heavy atom. The van der Waals surface area contributed by atoms with E-state index < -0.39 is 5.54 Å². The van der Waals surface area contributed by atoms with Crippen LogP contribution in [0.4, 0.5) is 0 Å². The van der Waals surface area contributed by atoms with Crippen LogP contribution in [0.1, 0.15) is 48.4 Å². The number of benzene rings is 3. The van der Waals surface area contributed by atoms with Gasteiger partial charge in [-0.25, -0.2) is 0 Å². The molecule has 1 saturated heterocycles. The molecule has 1 aliphatic heterocycles. The Bertz CT molecular complexity index is 1130. The molecule has 0 saturated carbocycles. The van der Waals surface area contributed by atoms with Gasteiger partial charge in [-0.05, 0) is 60.2 Å². The fraction of sp³-hybridized carbons (Fsp3) is 0.286. The quantitative estimate of drug-likeness (QED) is 0.444. The van der Waals surface area contributed by atoms with Crippen molar-refractivity contribution in [1.82, 2.24) is 10.6 Å². The molecule has 1 aliphatic rings. The van der Waals surface area contributed by atoms with Crippen molar-refractivity contribution in [3.05, 3.63) is 101 Å². The van der Waals surface area contributed by atoms with E-state index in [-0.39, 0.29) is 17.9 Å². The summed E-state index contributed by atoms with van der Waals surface area (Å²) >= 11 is 6.07. The summed E-state index contributed by atoms with van der Waals surface area (Å²) in [6.45, 7) is 0. The number of nitrogens with one attached hydrogen (secondary N) is 2. The summed E-state index contributed by atoms with van der Waals surface area (Å²) in [4.78, 5) is 25.3. The molecule has 0 aromatic heterocycles. The number of carbonyl (C=O) groups is 2. The van der Waals surface area contributed by atoms with Crippen LogP contribution < -0.4 is 15.4 Å². The first-order valence-electron chi connectivity index (χ1n) is 11.5. The second-order valence-electron chi connectivity index (χ2n) is 8.82. The monoisotopic (exact) mass is 476 g/mol. The molecule has 176 valence electrons. The molecule has 0 radical (unpaired) electrons. The van der Waals surface area contributed by atoms with E-state index in [0.29, 0.717) is 37.1 Å². The molecule has 0 bridgehead atoms. The molecule has 1 heterocycles. The van der Waals surface area contributed by atoms with Gasteiger partial charge in [0.05, 0.1) is 13.2 Å². The maximum Gasteiger partial charge on any atom is 0.220 e. The van der Waals surface area contributed by atoms with Gasteiger partial charge in [0.25, 0.3) is 0 Å². The number of halogens is 1. The third kappa shape index (κ3) is 5.97. The largest absolute Gasteiger partial charge is 0.497 e. The molecule has 2 unspecified atom stereocenters. The summed E-state index contributed by atoms with van der Waals surface area (Å²) in [7, 11) is 1.64. The molecular formula is C28H29ClN2O3. The first-order chi connectivity index (χ1) is 16.5. The van der Waals surface area contributed by atoms with Gasteiger partial charge in [0.2, 0.25) is 11.8 Å². The standard InChI is InChI=1S/C28H29ClN2O3/c1-34-24-9-5-6-20(18-24)19-28(17-15-26(33)31-28)16-14-25(32)30-27(21-7-3-2-4-8-21)22-10-12-23(29)13-11-22/h2-13,18,27H,14-17,19H2,1H3,(H,30,32)(H,31,33). The van der Waals surface area contributed by atoms with E-state index in [1.807, 2.05) is 78.9 Å². The van der Waals surface area contributed by atoms with Gasteiger partial charge in [-0.1, -0.05) is 66.2 Å². The van der Waals surface area contributed by atoms with E-state index in [4.69, 9.17) is 16.3 Å². The lowest BCUT2D eigenvalue weighted by atomic mass is 9.84. The van der Waals surface area contributed by atoms with Crippen LogP contribution in [0.5, 0.6) is 5.75 Å². The highest BCUT2D eigenvalue weighted by Crippen LogP contribution is 2.31. The lowest BCUT2D eigenvalue weighted by Crippen LogP contribution is -2.44. The fourth-order valence-corrected chi connectivity index (χ4v) is 4.73. The molecule has 6 heteroatoms. The van der Waals surface area contributed by atoms with Gasteiger partial charge in [0, 0.05) is 23.4 Å². The highest BCUT2D eigenvalue weighted by Gasteiger charge is 2.38. The first-order valence-corrected chi connectivity index (χ1v) is 11.9. The van der Waals surface area contributed by atoms with Crippen molar-refractivity contribution in [1.29, 1.82) is 0 Å². The molecule has 5 nitrogen and oxygen atoms in total. The van der Waals surface area contributed by atoms with Crippen LogP contribution in [0.25, 0.3) is 0 Å². The summed E-state index contributed by atoms with van der Waals surface area (Å²) in [6, 6.07) is 25.0. The number of amides is 2. The van der Waals surface area contributed by atoms with Gasteiger partial charge in [0.1, 0.15) is 5.75 Å². The topological polar surface area (TPSA) is 67.4 Å². The average molecular weight is 477 g/mol. The molecule has 4 rings (SSSR count). The predicted molar refractivity (Wildman–Crippen MR) is 134 cm³/mol. The Morgan fingerprint density at radius 2 is 1.79 bits per heavy atom. The highest BCUT2D eigenvalue weighted by atomic mass is 35.5. The molecule has 3 aromatic rings. The molecule has 0 aliphatic carbocycles. The Morgan fingerprint density at radius 1 is 1.06 bits per heavy atom. The third-order valence-corrected chi connectivity index (χ3v) is 6.64. The molecule has 34 heavy (non-hydrogen) atoms. The molecular weight excluding hydrogens is 448 g/mol. The molecule has 2 atom stereocenters. The van der Waals surface area contributed by atoms with E-state index in [9.17, 15) is 9.59 Å². The van der Waals surface area contributed by atoms with E-state index in [1.165, 1.54) is 0 Å². The number of ether oxygens (including phenoxy) is 1. The van der Waals surface area contributed by atoms with Crippen molar-refractivity contribution >= 4 is 23.4 Å². The van der Waals surface area contributed by atoms with E-state index >= 15 is 0 Å². The normalized spacial score (nSPS) is 18.2. The van der Waals surface area contributed by atoms with Gasteiger partial charge in [-0.2, -0.15) is 0 Å². The minimum atomic E-state index is -0.441. The van der Waals surface area contributed by atoms with Crippen molar-refractivity contribution in [3.8, 4) is 5.75 Å². The summed E-state index contributed by atoms with van der Waals surface area (Å²) in [6.07, 6.45) is 2.70. The predicted octanol–water partition coefficient (Wildman–Crippen LogP) is 5.23. The molecule has 1 fully saturated rings. The van der Waals surface area contributed by atoms with E-state index in [1.54, 1.807) is 7.11 Å². The van der Waals surface area contributed by atoms with Gasteiger partial charge in [-0.3, -0.25) is 9.59 Å². The molecule has 0 spiro atoms. The summed E-state index contributed by atoms with van der Waals surface area (Å²) in [5, 5.41) is 7.00. The zero-order valence-electron chi connectivity index (χ0n) is 19.2. The van der Waals surface area contributed by atoms with Gasteiger partial charge >= 0.3 is 0 Å². The minimum absolute atomic E-state index is 0.0339. The van der Waals surface area contributed by atoms with Crippen LogP contribution in [-0.2, 0) is 16.0 Å². The number of hydrogen-bond donors (Lipinski definition) is 2. The smallest absolute Gasteiger partial charge is 0.220 e. The molecule has 3 aromatic carbocycles. The highest BCUT2D eigenvalue weighted by molar-refractivity contribution is 6.30. The summed E-state index contributed by atoms with van der Waals surface area (Å²) < 4.78 is 5.35. The van der Waals surface area contributed by atoms with Crippen molar-refractivity contribution < 1.29 is 14.3 Å². The number of methoxy groups -OCH3 is 1. The Kier molecular flexibility index (Phi) is 7.53. The van der Waals surface area contributed by atoms with Crippen LogP contribution in [0, 0.1) is 0 Å². The van der Waals surface area contributed by atoms with Crippen LogP contribution in [0.15, 0.2) is 78.9 Å². The maximum absolute atomic E-state index is 13.1. The van der Waals surface area contributed by atoms with E-state index in [0.717, 1.165) is 22.4 Å². The van der Waals surface area contributed by atoms with E-state index in [2.05, 4.69) is 10.6 Å². The number of rotatable bonds is 9. The Labute approximate surface area is 205 Å². The molecule has 2 amide bonds. The van der Waals surface area contributed by atoms with Crippen molar-refractivity contribution in [2.45, 2.75) is 43.7 Å². The van der Waals surface area contributed by atoms with Crippen molar-refractivity contribution in [2.75, 3.05) is 7.11 Å². The minimum Gasteiger partial charge on any atom is -0.497 e. The fourth-order valence-electron chi connectivity index (χ4n) is 4.60. The third-order valence-electron chi connectivity index (χ3n) is 6.38. The van der Waals surface area contributed by atoms with Crippen LogP contribution >= 0.6 is 11.6 Å². The summed E-state index contributed by atoms with van der Waals surface area (Å²) in [5.74, 6) is 0.755. The lowest BCUT2D eigenvalue weighted by molar-refractivity contribution is -0.123. The Balaban J connectivity index is 1.48. The van der Waals surface area contributed by atoms with Gasteiger partial charge in [-0.15, -0.1) is 0 Å². The molecule has 2 N–H and O–H groups in total. The maximum atomic E-state index is 13.1. The van der Waals surface area contributed by atoms with Gasteiger partial charge in [0.15, 0.2) is 0 Å². The zero-order chi connectivity index (χ0) is 24.0. The van der Waals surface area contributed by atoms with Gasteiger partial charge < -0.3 is 15.4 Å². The SMILES string of the molecule is COc1cccc(CC2(CCC(=O)NC(c3ccccc3)c3ccc(Cl)cc3)CCC(=O)N2)c1. The number of carbonyl (C=O) groups excluding carboxylic acids is 2. The van der Waals surface area contributed by atoms with Crippen molar-refractivity contribution in [2.24, 2.45) is 0 Å². The second-order valence-corrected chi connectivity index (χ2v) is 9.26. The van der Waals surface area contributed by atoms with Crippen LogP contribution in [0.3, 0.4) is 0 Å². The summed E-state index contributed by atoms with van der Waals surface area (Å²) in [5.41, 5.74) is 2.59. The second kappa shape index (κ2) is 10.7. The van der Waals surface area contributed by atoms with Crippen LogP contribution in [0.2, 0.25) is 5.02 Å².